The van der Waals surface area contributed by atoms with E-state index in [2.05, 4.69) is 20.9 Å². The highest BCUT2D eigenvalue weighted by Gasteiger charge is 2.03. The van der Waals surface area contributed by atoms with Crippen molar-refractivity contribution in [3.05, 3.63) is 22.5 Å². The molecule has 0 aliphatic carbocycles. The Hall–Kier alpha value is -0.610. The summed E-state index contributed by atoms with van der Waals surface area (Å²) in [5.41, 5.74) is 6.09. The standard InChI is InChI=1S/C9H15BrN2O/c1-7(10)4-5-12-9(6-11)8(2)13-3/h4-6,8H,11H2,1-3H3/b7-4+,9-6-,12-5+. The fourth-order valence-corrected chi connectivity index (χ4v) is 0.749. The molecule has 0 aliphatic heterocycles. The molecule has 0 aromatic rings. The number of nitrogens with two attached hydrogens (primary N) is 1. The number of methoxy groups -OCH3 is 1. The Bertz CT molecular complexity index is 230. The van der Waals surface area contributed by atoms with Crippen molar-refractivity contribution in [3.63, 3.8) is 0 Å². The van der Waals surface area contributed by atoms with Crippen LogP contribution in [0.1, 0.15) is 13.8 Å². The lowest BCUT2D eigenvalue weighted by atomic mass is 10.3. The molecular formula is C9H15BrN2O. The molecular weight excluding hydrogens is 232 g/mol. The van der Waals surface area contributed by atoms with Gasteiger partial charge in [0.25, 0.3) is 0 Å². The average Bonchev–Trinajstić information content (AvgIpc) is 2.11. The first-order chi connectivity index (χ1) is 6.11. The number of hydrogen-bond donors (Lipinski definition) is 1. The molecule has 0 heterocycles. The maximum atomic E-state index is 5.38. The summed E-state index contributed by atoms with van der Waals surface area (Å²) in [6, 6.07) is 0. The zero-order valence-electron chi connectivity index (χ0n) is 8.12. The van der Waals surface area contributed by atoms with Crippen molar-refractivity contribution in [2.24, 2.45) is 10.7 Å². The second-order valence-electron chi connectivity index (χ2n) is 2.50. The Morgan fingerprint density at radius 1 is 1.62 bits per heavy atom. The predicted octanol–water partition coefficient (Wildman–Crippen LogP) is 2.19. The highest BCUT2D eigenvalue weighted by Crippen LogP contribution is 2.05. The lowest BCUT2D eigenvalue weighted by Gasteiger charge is -2.07. The topological polar surface area (TPSA) is 47.6 Å². The van der Waals surface area contributed by atoms with Crippen LogP contribution in [0.4, 0.5) is 0 Å². The Kier molecular flexibility index (Phi) is 6.54. The molecule has 74 valence electrons. The molecule has 0 bridgehead atoms. The summed E-state index contributed by atoms with van der Waals surface area (Å²) in [5.74, 6) is 0. The van der Waals surface area contributed by atoms with E-state index in [-0.39, 0.29) is 6.10 Å². The summed E-state index contributed by atoms with van der Waals surface area (Å²) in [7, 11) is 1.62. The maximum Gasteiger partial charge on any atom is 0.0977 e. The van der Waals surface area contributed by atoms with Crippen LogP contribution in [-0.4, -0.2) is 19.4 Å². The molecule has 0 fully saturated rings. The largest absolute Gasteiger partial charge is 0.403 e. The number of rotatable bonds is 4. The Morgan fingerprint density at radius 2 is 2.23 bits per heavy atom. The first-order valence-electron chi connectivity index (χ1n) is 3.92. The molecule has 0 rings (SSSR count). The highest BCUT2D eigenvalue weighted by molar-refractivity contribution is 9.11. The second-order valence-corrected chi connectivity index (χ2v) is 3.75. The van der Waals surface area contributed by atoms with Crippen LogP contribution in [0.15, 0.2) is 27.4 Å². The van der Waals surface area contributed by atoms with Crippen LogP contribution in [-0.2, 0) is 4.74 Å². The van der Waals surface area contributed by atoms with Crippen molar-refractivity contribution < 1.29 is 4.74 Å². The molecule has 0 saturated carbocycles. The van der Waals surface area contributed by atoms with Gasteiger partial charge in [-0.2, -0.15) is 0 Å². The van der Waals surface area contributed by atoms with Gasteiger partial charge in [0.15, 0.2) is 0 Å². The van der Waals surface area contributed by atoms with Gasteiger partial charge < -0.3 is 10.5 Å². The number of allylic oxidation sites excluding steroid dienone is 2. The summed E-state index contributed by atoms with van der Waals surface area (Å²) in [6.07, 6.45) is 4.89. The van der Waals surface area contributed by atoms with Gasteiger partial charge in [-0.1, -0.05) is 15.9 Å². The third kappa shape index (κ3) is 5.60. The molecule has 1 atom stereocenters. The first kappa shape index (κ1) is 12.4. The molecule has 2 N–H and O–H groups in total. The quantitative estimate of drug-likeness (QED) is 0.774. The van der Waals surface area contributed by atoms with Gasteiger partial charge in [0, 0.05) is 19.5 Å². The van der Waals surface area contributed by atoms with Gasteiger partial charge in [-0.25, -0.2) is 0 Å². The van der Waals surface area contributed by atoms with Gasteiger partial charge >= 0.3 is 0 Å². The van der Waals surface area contributed by atoms with Crippen molar-refractivity contribution >= 4 is 22.1 Å². The summed E-state index contributed by atoms with van der Waals surface area (Å²) >= 11 is 3.29. The van der Waals surface area contributed by atoms with Crippen LogP contribution in [0, 0.1) is 0 Å². The minimum absolute atomic E-state index is 0.0784. The van der Waals surface area contributed by atoms with Crippen molar-refractivity contribution in [3.8, 4) is 0 Å². The van der Waals surface area contributed by atoms with Gasteiger partial charge in [-0.3, -0.25) is 4.99 Å². The average molecular weight is 247 g/mol. The zero-order chi connectivity index (χ0) is 10.3. The Labute approximate surface area is 87.5 Å². The summed E-state index contributed by atoms with van der Waals surface area (Å²) in [4.78, 5) is 4.13. The molecule has 0 aliphatic rings. The van der Waals surface area contributed by atoms with E-state index >= 15 is 0 Å². The minimum Gasteiger partial charge on any atom is -0.403 e. The van der Waals surface area contributed by atoms with Crippen LogP contribution < -0.4 is 5.73 Å². The van der Waals surface area contributed by atoms with Crippen molar-refractivity contribution in [1.29, 1.82) is 0 Å². The zero-order valence-corrected chi connectivity index (χ0v) is 9.71. The van der Waals surface area contributed by atoms with E-state index < -0.39 is 0 Å². The molecule has 3 nitrogen and oxygen atoms in total. The monoisotopic (exact) mass is 246 g/mol. The minimum atomic E-state index is -0.0784. The lowest BCUT2D eigenvalue weighted by Crippen LogP contribution is -2.08. The molecule has 13 heavy (non-hydrogen) atoms. The van der Waals surface area contributed by atoms with E-state index in [9.17, 15) is 0 Å². The summed E-state index contributed by atoms with van der Waals surface area (Å²) < 4.78 is 6.08. The third-order valence-corrected chi connectivity index (χ3v) is 1.73. The number of aliphatic imine (C=N–C) groups is 1. The molecule has 0 aromatic carbocycles. The molecule has 4 heteroatoms. The van der Waals surface area contributed by atoms with Crippen LogP contribution >= 0.6 is 15.9 Å². The van der Waals surface area contributed by atoms with E-state index in [0.717, 1.165) is 4.48 Å². The van der Waals surface area contributed by atoms with Crippen LogP contribution in [0.5, 0.6) is 0 Å². The van der Waals surface area contributed by atoms with E-state index in [0.29, 0.717) is 5.70 Å². The van der Waals surface area contributed by atoms with Gasteiger partial charge in [0.1, 0.15) is 0 Å². The molecule has 0 amide bonds. The summed E-state index contributed by atoms with van der Waals surface area (Å²) in [6.45, 7) is 3.82. The fourth-order valence-electron chi connectivity index (χ4n) is 0.630. The van der Waals surface area contributed by atoms with Gasteiger partial charge in [-0.05, 0) is 24.4 Å². The predicted molar refractivity (Wildman–Crippen MR) is 59.9 cm³/mol. The third-order valence-electron chi connectivity index (χ3n) is 1.47. The second kappa shape index (κ2) is 6.86. The molecule has 0 saturated heterocycles. The smallest absolute Gasteiger partial charge is 0.0977 e. The van der Waals surface area contributed by atoms with Crippen molar-refractivity contribution in [1.82, 2.24) is 0 Å². The highest BCUT2D eigenvalue weighted by atomic mass is 79.9. The molecule has 0 radical (unpaired) electrons. The van der Waals surface area contributed by atoms with E-state index in [1.165, 1.54) is 6.20 Å². The first-order valence-corrected chi connectivity index (χ1v) is 4.72. The SMILES string of the molecule is COC(C)C(=C/N)/N=C/C=C(\C)Br. The number of hydrogen-bond acceptors (Lipinski definition) is 3. The Morgan fingerprint density at radius 3 is 2.62 bits per heavy atom. The van der Waals surface area contributed by atoms with Gasteiger partial charge in [-0.15, -0.1) is 0 Å². The molecule has 1 unspecified atom stereocenters. The number of ether oxygens (including phenoxy) is 1. The fraction of sp³-hybridized carbons (Fsp3) is 0.444. The van der Waals surface area contributed by atoms with Crippen LogP contribution in [0.2, 0.25) is 0 Å². The van der Waals surface area contributed by atoms with Crippen molar-refractivity contribution in [2.75, 3.05) is 7.11 Å². The van der Waals surface area contributed by atoms with Gasteiger partial charge in [0.05, 0.1) is 11.8 Å². The number of nitrogens with zero attached hydrogens (tertiary/aromatic N) is 1. The van der Waals surface area contributed by atoms with Crippen molar-refractivity contribution in [2.45, 2.75) is 20.0 Å². The number of halogens is 1. The lowest BCUT2D eigenvalue weighted by molar-refractivity contribution is 0.146. The van der Waals surface area contributed by atoms with Crippen LogP contribution in [0.3, 0.4) is 0 Å². The summed E-state index contributed by atoms with van der Waals surface area (Å²) in [5, 5.41) is 0. The van der Waals surface area contributed by atoms with Gasteiger partial charge in [0.2, 0.25) is 0 Å². The maximum absolute atomic E-state index is 5.38. The van der Waals surface area contributed by atoms with E-state index in [4.69, 9.17) is 10.5 Å². The Balaban J connectivity index is 4.31. The van der Waals surface area contributed by atoms with E-state index in [1.54, 1.807) is 13.3 Å². The normalized spacial score (nSPS) is 16.6. The molecule has 0 spiro atoms. The van der Waals surface area contributed by atoms with E-state index in [1.807, 2.05) is 19.9 Å². The van der Waals surface area contributed by atoms with Crippen LogP contribution in [0.25, 0.3) is 0 Å². The molecule has 0 aromatic heterocycles.